The Hall–Kier alpha value is -1.37. The smallest absolute Gasteiger partial charge is 0.0602 e. The van der Waals surface area contributed by atoms with Gasteiger partial charge in [0.15, 0.2) is 0 Å². The highest BCUT2D eigenvalue weighted by molar-refractivity contribution is 5.70. The van der Waals surface area contributed by atoms with Crippen LogP contribution >= 0.6 is 0 Å². The van der Waals surface area contributed by atoms with Crippen LogP contribution in [0.1, 0.15) is 12.0 Å². The van der Waals surface area contributed by atoms with Crippen LogP contribution in [0.5, 0.6) is 0 Å². The number of aliphatic imine (C=N–C) groups is 1. The van der Waals surface area contributed by atoms with Crippen molar-refractivity contribution >= 4 is 12.3 Å². The molecule has 0 saturated heterocycles. The summed E-state index contributed by atoms with van der Waals surface area (Å²) in [5.74, 6) is 0. The highest BCUT2D eigenvalue weighted by Gasteiger charge is 1.99. The molecule has 1 heterocycles. The Labute approximate surface area is 72.5 Å². The molecule has 1 heteroatoms. The predicted octanol–water partition coefficient (Wildman–Crippen LogP) is 2.54. The first kappa shape index (κ1) is 7.29. The molecule has 0 N–H and O–H groups in total. The van der Waals surface area contributed by atoms with Crippen molar-refractivity contribution in [3.8, 4) is 0 Å². The van der Waals surface area contributed by atoms with Gasteiger partial charge >= 0.3 is 0 Å². The number of nitrogens with zero attached hydrogens (tertiary/aromatic N) is 1. The minimum atomic E-state index is 0.884. The van der Waals surface area contributed by atoms with Gasteiger partial charge in [-0.25, -0.2) is 0 Å². The van der Waals surface area contributed by atoms with Crippen LogP contribution in [0.2, 0.25) is 0 Å². The second kappa shape index (κ2) is 3.35. The van der Waals surface area contributed by atoms with Crippen LogP contribution in [0.15, 0.2) is 40.9 Å². The molecule has 0 fully saturated rings. The Morgan fingerprint density at radius 1 is 1.17 bits per heavy atom. The van der Waals surface area contributed by atoms with Crippen LogP contribution in [0.4, 0.5) is 0 Å². The molecule has 12 heavy (non-hydrogen) atoms. The first-order valence-electron chi connectivity index (χ1n) is 4.18. The number of rotatable bonds is 1. The van der Waals surface area contributed by atoms with E-state index in [9.17, 15) is 0 Å². The van der Waals surface area contributed by atoms with Crippen molar-refractivity contribution < 1.29 is 0 Å². The maximum Gasteiger partial charge on any atom is 0.0602 e. The Kier molecular flexibility index (Phi) is 2.04. The van der Waals surface area contributed by atoms with Gasteiger partial charge in [0.2, 0.25) is 0 Å². The van der Waals surface area contributed by atoms with Gasteiger partial charge in [-0.3, -0.25) is 4.99 Å². The highest BCUT2D eigenvalue weighted by atomic mass is 14.7. The molecule has 0 radical (unpaired) electrons. The van der Waals surface area contributed by atoms with E-state index in [2.05, 4.69) is 35.3 Å². The Bertz CT molecular complexity index is 299. The molecule has 1 aliphatic rings. The second-order valence-electron chi connectivity index (χ2n) is 2.94. The van der Waals surface area contributed by atoms with Crippen molar-refractivity contribution in [1.82, 2.24) is 0 Å². The molecule has 1 aromatic carbocycles. The van der Waals surface area contributed by atoms with Crippen LogP contribution in [0.3, 0.4) is 0 Å². The molecule has 0 atom stereocenters. The molecule has 1 nitrogen and oxygen atoms in total. The van der Waals surface area contributed by atoms with E-state index in [1.807, 2.05) is 12.3 Å². The third-order valence-corrected chi connectivity index (χ3v) is 1.95. The summed E-state index contributed by atoms with van der Waals surface area (Å²) in [4.78, 5) is 4.17. The second-order valence-corrected chi connectivity index (χ2v) is 2.94. The van der Waals surface area contributed by atoms with Crippen LogP contribution in [0.25, 0.3) is 6.08 Å². The van der Waals surface area contributed by atoms with Crippen molar-refractivity contribution in [2.75, 3.05) is 6.54 Å². The first-order valence-corrected chi connectivity index (χ1v) is 4.18. The van der Waals surface area contributed by atoms with Crippen LogP contribution in [-0.2, 0) is 0 Å². The van der Waals surface area contributed by atoms with E-state index >= 15 is 0 Å². The van der Waals surface area contributed by atoms with E-state index in [1.54, 1.807) is 0 Å². The van der Waals surface area contributed by atoms with E-state index in [1.165, 1.54) is 11.1 Å². The summed E-state index contributed by atoms with van der Waals surface area (Å²) >= 11 is 0. The topological polar surface area (TPSA) is 12.4 Å². The minimum absolute atomic E-state index is 0.884. The van der Waals surface area contributed by atoms with Crippen molar-refractivity contribution in [2.45, 2.75) is 6.42 Å². The molecule has 0 spiro atoms. The van der Waals surface area contributed by atoms with Gasteiger partial charge in [-0.15, -0.1) is 0 Å². The van der Waals surface area contributed by atoms with Crippen molar-refractivity contribution in [3.05, 3.63) is 41.5 Å². The average Bonchev–Trinajstić information content (AvgIpc) is 2.59. The largest absolute Gasteiger partial charge is 0.293 e. The van der Waals surface area contributed by atoms with Crippen molar-refractivity contribution in [1.29, 1.82) is 0 Å². The lowest BCUT2D eigenvalue weighted by atomic mass is 10.1. The fourth-order valence-corrected chi connectivity index (χ4v) is 1.32. The molecule has 2 rings (SSSR count). The van der Waals surface area contributed by atoms with Crippen LogP contribution in [0, 0.1) is 0 Å². The summed E-state index contributed by atoms with van der Waals surface area (Å²) < 4.78 is 0. The summed E-state index contributed by atoms with van der Waals surface area (Å²) in [7, 11) is 0. The molecular formula is C11H11N. The SMILES string of the molecule is C1=NCC(=Cc2ccccc2)C1. The van der Waals surface area contributed by atoms with E-state index in [-0.39, 0.29) is 0 Å². The summed E-state index contributed by atoms with van der Waals surface area (Å²) in [5.41, 5.74) is 2.68. The molecule has 0 aromatic heterocycles. The lowest BCUT2D eigenvalue weighted by molar-refractivity contribution is 1.20. The first-order chi connectivity index (χ1) is 5.95. The Balaban J connectivity index is 2.17. The fourth-order valence-electron chi connectivity index (χ4n) is 1.32. The lowest BCUT2D eigenvalue weighted by Crippen LogP contribution is -1.80. The zero-order chi connectivity index (χ0) is 8.23. The standard InChI is InChI=1S/C11H11N/c1-2-4-10(5-3-1)8-11-6-7-12-9-11/h1-5,7-8H,6,9H2. The van der Waals surface area contributed by atoms with Gasteiger partial charge < -0.3 is 0 Å². The Morgan fingerprint density at radius 3 is 2.67 bits per heavy atom. The van der Waals surface area contributed by atoms with Crippen molar-refractivity contribution in [2.24, 2.45) is 4.99 Å². The molecule has 0 bridgehead atoms. The average molecular weight is 157 g/mol. The highest BCUT2D eigenvalue weighted by Crippen LogP contribution is 2.12. The minimum Gasteiger partial charge on any atom is -0.293 e. The normalized spacial score (nSPS) is 18.8. The van der Waals surface area contributed by atoms with Gasteiger partial charge in [0.1, 0.15) is 0 Å². The van der Waals surface area contributed by atoms with E-state index in [4.69, 9.17) is 0 Å². The molecule has 60 valence electrons. The summed E-state index contributed by atoms with van der Waals surface area (Å²) in [5, 5.41) is 0. The van der Waals surface area contributed by atoms with E-state index in [0.29, 0.717) is 0 Å². The van der Waals surface area contributed by atoms with Gasteiger partial charge in [-0.05, 0) is 11.1 Å². The van der Waals surface area contributed by atoms with Crippen LogP contribution < -0.4 is 0 Å². The van der Waals surface area contributed by atoms with Crippen LogP contribution in [-0.4, -0.2) is 12.8 Å². The third-order valence-electron chi connectivity index (χ3n) is 1.95. The maximum absolute atomic E-state index is 4.17. The van der Waals surface area contributed by atoms with Gasteiger partial charge in [0, 0.05) is 12.6 Å². The molecule has 0 saturated carbocycles. The molecule has 0 aliphatic carbocycles. The molecule has 0 amide bonds. The monoisotopic (exact) mass is 157 g/mol. The molecular weight excluding hydrogens is 146 g/mol. The Morgan fingerprint density at radius 2 is 2.00 bits per heavy atom. The maximum atomic E-state index is 4.17. The van der Waals surface area contributed by atoms with E-state index < -0.39 is 0 Å². The van der Waals surface area contributed by atoms with Gasteiger partial charge in [-0.1, -0.05) is 36.4 Å². The van der Waals surface area contributed by atoms with Gasteiger partial charge in [0.05, 0.1) is 6.54 Å². The molecule has 1 aliphatic heterocycles. The lowest BCUT2D eigenvalue weighted by Gasteiger charge is -1.94. The van der Waals surface area contributed by atoms with Gasteiger partial charge in [-0.2, -0.15) is 0 Å². The van der Waals surface area contributed by atoms with Crippen molar-refractivity contribution in [3.63, 3.8) is 0 Å². The fraction of sp³-hybridized carbons (Fsp3) is 0.182. The summed E-state index contributed by atoms with van der Waals surface area (Å²) in [6, 6.07) is 10.4. The zero-order valence-electron chi connectivity index (χ0n) is 6.90. The zero-order valence-corrected chi connectivity index (χ0v) is 6.90. The summed E-state index contributed by atoms with van der Waals surface area (Å²) in [6.45, 7) is 0.884. The molecule has 0 unspecified atom stereocenters. The number of hydrogen-bond donors (Lipinski definition) is 0. The quantitative estimate of drug-likeness (QED) is 0.594. The van der Waals surface area contributed by atoms with Gasteiger partial charge in [0.25, 0.3) is 0 Å². The number of benzene rings is 1. The third kappa shape index (κ3) is 1.62. The number of hydrogen-bond acceptors (Lipinski definition) is 1. The van der Waals surface area contributed by atoms with E-state index in [0.717, 1.165) is 13.0 Å². The summed E-state index contributed by atoms with van der Waals surface area (Å²) in [6.07, 6.45) is 5.22. The molecule has 1 aromatic rings. The predicted molar refractivity (Wildman–Crippen MR) is 52.4 cm³/mol.